The average molecular weight is 693 g/mol. The summed E-state index contributed by atoms with van der Waals surface area (Å²) in [6.07, 6.45) is 2.38. The monoisotopic (exact) mass is 692 g/mol. The fraction of sp³-hybridized carbons (Fsp3) is 0.389. The molecule has 6 N–H and O–H groups in total. The minimum Gasteiger partial charge on any atom is -0.422 e. The van der Waals surface area contributed by atoms with Crippen molar-refractivity contribution in [2.75, 3.05) is 58.7 Å². The number of hydrogen-bond donors (Lipinski definition) is 6. The standard InChI is InChI=1S/C36H48N6O8/c1-7-9-17-47-21-49-35(45)37-27-13-11-23(3)31(19-27)41-33(43)39-29-15-16-30(26(6)25(29)5)40-34(44)42-32-20-28(14-12-24(32)4)38-36(46)50-22-48-18-10-8-2/h11-16,19-20H,7-10,17-18,21-22H2,1-6H3,(H,37,45)(H,38,46)(H2,39,41,43)(H2,40,42,44). The van der Waals surface area contributed by atoms with Crippen LogP contribution in [-0.2, 0) is 18.9 Å². The van der Waals surface area contributed by atoms with Gasteiger partial charge in [0.15, 0.2) is 13.6 Å². The molecule has 0 aliphatic carbocycles. The van der Waals surface area contributed by atoms with E-state index in [9.17, 15) is 19.2 Å². The first-order chi connectivity index (χ1) is 24.0. The van der Waals surface area contributed by atoms with Crippen LogP contribution in [0.25, 0.3) is 0 Å². The highest BCUT2D eigenvalue weighted by Gasteiger charge is 2.14. The molecule has 0 aliphatic heterocycles. The van der Waals surface area contributed by atoms with Crippen molar-refractivity contribution in [1.29, 1.82) is 0 Å². The number of hydrogen-bond acceptors (Lipinski definition) is 8. The first kappa shape index (κ1) is 39.1. The Morgan fingerprint density at radius 1 is 0.520 bits per heavy atom. The number of amides is 6. The number of unbranched alkanes of at least 4 members (excludes halogenated alkanes) is 2. The lowest BCUT2D eigenvalue weighted by atomic mass is 10.1. The minimum atomic E-state index is -0.670. The maximum absolute atomic E-state index is 13.0. The van der Waals surface area contributed by atoms with Gasteiger partial charge in [-0.05, 0) is 99.2 Å². The Kier molecular flexibility index (Phi) is 15.8. The summed E-state index contributed by atoms with van der Waals surface area (Å²) in [7, 11) is 0. The van der Waals surface area contributed by atoms with Gasteiger partial charge in [-0.2, -0.15) is 0 Å². The summed E-state index contributed by atoms with van der Waals surface area (Å²) < 4.78 is 20.6. The number of anilines is 6. The van der Waals surface area contributed by atoms with Gasteiger partial charge in [0.2, 0.25) is 0 Å². The van der Waals surface area contributed by atoms with Crippen LogP contribution in [0.2, 0.25) is 0 Å². The van der Waals surface area contributed by atoms with Crippen molar-refractivity contribution < 1.29 is 38.1 Å². The van der Waals surface area contributed by atoms with Crippen molar-refractivity contribution in [2.45, 2.75) is 67.2 Å². The van der Waals surface area contributed by atoms with Crippen LogP contribution in [-0.4, -0.2) is 51.0 Å². The summed E-state index contributed by atoms with van der Waals surface area (Å²) in [5.41, 5.74) is 6.00. The molecule has 14 nitrogen and oxygen atoms in total. The molecule has 6 amide bonds. The molecule has 0 unspecified atom stereocenters. The van der Waals surface area contributed by atoms with Gasteiger partial charge in [-0.3, -0.25) is 10.6 Å². The van der Waals surface area contributed by atoms with Gasteiger partial charge in [-0.1, -0.05) is 38.8 Å². The molecule has 0 spiro atoms. The number of benzene rings is 3. The first-order valence-corrected chi connectivity index (χ1v) is 16.5. The summed E-state index contributed by atoms with van der Waals surface area (Å²) in [6, 6.07) is 12.6. The number of nitrogens with one attached hydrogen (secondary N) is 6. The maximum atomic E-state index is 13.0. The molecule has 50 heavy (non-hydrogen) atoms. The van der Waals surface area contributed by atoms with Gasteiger partial charge in [-0.15, -0.1) is 0 Å². The second-order valence-corrected chi connectivity index (χ2v) is 11.5. The summed E-state index contributed by atoms with van der Waals surface area (Å²) in [5, 5.41) is 16.6. The van der Waals surface area contributed by atoms with Crippen molar-refractivity contribution in [3.05, 3.63) is 70.8 Å². The number of rotatable bonds is 16. The molecule has 0 radical (unpaired) electrons. The molecule has 0 aromatic heterocycles. The molecule has 0 fully saturated rings. The predicted molar refractivity (Wildman–Crippen MR) is 195 cm³/mol. The van der Waals surface area contributed by atoms with Crippen molar-refractivity contribution in [2.24, 2.45) is 0 Å². The fourth-order valence-electron chi connectivity index (χ4n) is 4.42. The second-order valence-electron chi connectivity index (χ2n) is 11.5. The van der Waals surface area contributed by atoms with Gasteiger partial charge >= 0.3 is 24.2 Å². The average Bonchev–Trinajstić information content (AvgIpc) is 3.07. The molecule has 0 aliphatic rings. The first-order valence-electron chi connectivity index (χ1n) is 16.5. The fourth-order valence-corrected chi connectivity index (χ4v) is 4.42. The van der Waals surface area contributed by atoms with Crippen LogP contribution >= 0.6 is 0 Å². The van der Waals surface area contributed by atoms with Crippen molar-refractivity contribution in [3.8, 4) is 0 Å². The lowest BCUT2D eigenvalue weighted by molar-refractivity contribution is -0.0115. The maximum Gasteiger partial charge on any atom is 0.413 e. The number of carbonyl (C=O) groups is 4. The van der Waals surface area contributed by atoms with E-state index in [2.05, 4.69) is 31.9 Å². The van der Waals surface area contributed by atoms with E-state index in [0.29, 0.717) is 47.3 Å². The Morgan fingerprint density at radius 3 is 1.28 bits per heavy atom. The van der Waals surface area contributed by atoms with E-state index in [1.807, 2.05) is 41.5 Å². The SMILES string of the molecule is CCCCOCOC(=O)Nc1ccc(C)c(NC(=O)Nc2ccc(NC(=O)Nc3cc(NC(=O)OCOCCCC)ccc3C)c(C)c2C)c1. The van der Waals surface area contributed by atoms with E-state index in [1.54, 1.807) is 48.5 Å². The Labute approximate surface area is 293 Å². The third-order valence-electron chi connectivity index (χ3n) is 7.58. The Hall–Kier alpha value is -5.34. The zero-order chi connectivity index (χ0) is 36.5. The molecule has 0 saturated carbocycles. The third kappa shape index (κ3) is 12.9. The summed E-state index contributed by atoms with van der Waals surface area (Å²) >= 11 is 0. The third-order valence-corrected chi connectivity index (χ3v) is 7.58. The van der Waals surface area contributed by atoms with Crippen molar-refractivity contribution in [3.63, 3.8) is 0 Å². The van der Waals surface area contributed by atoms with Gasteiger partial charge in [0.25, 0.3) is 0 Å². The van der Waals surface area contributed by atoms with Crippen molar-refractivity contribution >= 4 is 58.4 Å². The molecule has 0 heterocycles. The molecular weight excluding hydrogens is 644 g/mol. The highest BCUT2D eigenvalue weighted by molar-refractivity contribution is 6.03. The largest absolute Gasteiger partial charge is 0.422 e. The zero-order valence-electron chi connectivity index (χ0n) is 29.5. The van der Waals surface area contributed by atoms with Crippen LogP contribution in [0.3, 0.4) is 0 Å². The molecule has 0 atom stereocenters. The van der Waals surface area contributed by atoms with Gasteiger partial charge < -0.3 is 40.2 Å². The number of aryl methyl sites for hydroxylation is 2. The topological polar surface area (TPSA) is 177 Å². The van der Waals surface area contributed by atoms with Gasteiger partial charge in [0, 0.05) is 34.1 Å². The Bertz CT molecular complexity index is 1510. The molecular formula is C36H48N6O8. The van der Waals surface area contributed by atoms with Crippen LogP contribution in [0, 0.1) is 27.7 Å². The molecule has 0 saturated heterocycles. The number of ether oxygens (including phenoxy) is 4. The Balaban J connectivity index is 1.55. The Morgan fingerprint density at radius 2 is 0.900 bits per heavy atom. The van der Waals surface area contributed by atoms with E-state index < -0.39 is 24.2 Å². The van der Waals surface area contributed by atoms with E-state index in [0.717, 1.165) is 47.9 Å². The second kappa shape index (κ2) is 20.2. The van der Waals surface area contributed by atoms with Crippen LogP contribution in [0.1, 0.15) is 61.8 Å². The lowest BCUT2D eigenvalue weighted by Crippen LogP contribution is -2.22. The molecule has 14 heteroatoms. The van der Waals surface area contributed by atoms with Crippen LogP contribution < -0.4 is 31.9 Å². The zero-order valence-corrected chi connectivity index (χ0v) is 29.5. The summed E-state index contributed by atoms with van der Waals surface area (Å²) in [6.45, 7) is 12.1. The molecule has 3 aromatic rings. The van der Waals surface area contributed by atoms with Gasteiger partial charge in [0.1, 0.15) is 0 Å². The van der Waals surface area contributed by atoms with E-state index in [4.69, 9.17) is 18.9 Å². The smallest absolute Gasteiger partial charge is 0.413 e. The molecule has 3 aromatic carbocycles. The molecule has 270 valence electrons. The minimum absolute atomic E-state index is 0.149. The van der Waals surface area contributed by atoms with Crippen LogP contribution in [0.15, 0.2) is 48.5 Å². The highest BCUT2D eigenvalue weighted by atomic mass is 16.7. The van der Waals surface area contributed by atoms with E-state index in [-0.39, 0.29) is 13.6 Å². The van der Waals surface area contributed by atoms with E-state index >= 15 is 0 Å². The van der Waals surface area contributed by atoms with Crippen LogP contribution in [0.5, 0.6) is 0 Å². The normalized spacial score (nSPS) is 10.5. The molecule has 3 rings (SSSR count). The quantitative estimate of drug-likeness (QED) is 0.0637. The van der Waals surface area contributed by atoms with E-state index in [1.165, 1.54) is 0 Å². The molecule has 0 bridgehead atoms. The summed E-state index contributed by atoms with van der Waals surface area (Å²) in [5.74, 6) is 0. The number of carbonyl (C=O) groups excluding carboxylic acids is 4. The predicted octanol–water partition coefficient (Wildman–Crippen LogP) is 8.85. The van der Waals surface area contributed by atoms with Crippen LogP contribution in [0.4, 0.5) is 53.3 Å². The van der Waals surface area contributed by atoms with Gasteiger partial charge in [0.05, 0.1) is 13.2 Å². The summed E-state index contributed by atoms with van der Waals surface area (Å²) in [4.78, 5) is 50.2. The lowest BCUT2D eigenvalue weighted by Gasteiger charge is -2.17. The number of urea groups is 2. The highest BCUT2D eigenvalue weighted by Crippen LogP contribution is 2.28. The van der Waals surface area contributed by atoms with Crippen molar-refractivity contribution in [1.82, 2.24) is 0 Å². The van der Waals surface area contributed by atoms with Gasteiger partial charge in [-0.25, -0.2) is 19.2 Å².